The summed E-state index contributed by atoms with van der Waals surface area (Å²) in [7, 11) is 0. The van der Waals surface area contributed by atoms with E-state index in [1.807, 2.05) is 36.4 Å². The van der Waals surface area contributed by atoms with Gasteiger partial charge in [0.05, 0.1) is 11.6 Å². The molecule has 0 saturated carbocycles. The van der Waals surface area contributed by atoms with Crippen molar-refractivity contribution in [1.29, 1.82) is 5.26 Å². The van der Waals surface area contributed by atoms with Crippen molar-refractivity contribution in [3.8, 4) is 6.07 Å². The summed E-state index contributed by atoms with van der Waals surface area (Å²) in [5.74, 6) is -0.470. The minimum Gasteiger partial charge on any atom is -0.368 e. The maximum atomic E-state index is 11.8. The number of nitrogens with one attached hydrogen (secondary N) is 1. The van der Waals surface area contributed by atoms with Crippen LogP contribution in [0, 0.1) is 11.3 Å². The van der Waals surface area contributed by atoms with E-state index < -0.39 is 11.2 Å². The zero-order valence-electron chi connectivity index (χ0n) is 12.9. The molecule has 1 atom stereocenters. The number of nitrogens with two attached hydrogens (primary N) is 1. The molecule has 0 saturated heterocycles. The van der Waals surface area contributed by atoms with Crippen molar-refractivity contribution in [3.63, 3.8) is 0 Å². The van der Waals surface area contributed by atoms with Crippen LogP contribution in [0.1, 0.15) is 16.4 Å². The molecule has 0 aliphatic carbocycles. The van der Waals surface area contributed by atoms with Crippen LogP contribution in [0.25, 0.3) is 0 Å². The lowest BCUT2D eigenvalue weighted by atomic mass is 10.1. The maximum absolute atomic E-state index is 11.8. The fourth-order valence-corrected chi connectivity index (χ4v) is 3.99. The smallest absolute Gasteiger partial charge is 0.235 e. The molecule has 124 valence electrons. The van der Waals surface area contributed by atoms with E-state index in [-0.39, 0.29) is 0 Å². The molecule has 0 spiro atoms. The first-order chi connectivity index (χ1) is 12.2. The number of nitrogens with zero attached hydrogens (tertiary/aromatic N) is 3. The molecule has 1 aromatic heterocycles. The number of para-hydroxylation sites is 1. The van der Waals surface area contributed by atoms with Gasteiger partial charge in [-0.15, -0.1) is 10.2 Å². The van der Waals surface area contributed by atoms with E-state index in [1.54, 1.807) is 24.3 Å². The number of hydrogen-bond donors (Lipinski definition) is 2. The SMILES string of the molecule is N#Cc1ccc([C@H](Sc2nnc(Nc3ccccc3)s2)C(N)=O)cc1. The van der Waals surface area contributed by atoms with E-state index in [4.69, 9.17) is 11.0 Å². The molecule has 0 aliphatic rings. The van der Waals surface area contributed by atoms with Crippen molar-refractivity contribution in [1.82, 2.24) is 10.2 Å². The van der Waals surface area contributed by atoms with Crippen LogP contribution in [0.15, 0.2) is 58.9 Å². The van der Waals surface area contributed by atoms with Gasteiger partial charge in [-0.2, -0.15) is 5.26 Å². The fourth-order valence-electron chi connectivity index (χ4n) is 2.08. The Kier molecular flexibility index (Phi) is 5.28. The standard InChI is InChI=1S/C17H13N5OS2/c18-10-11-6-8-12(9-7-11)14(15(19)23)24-17-22-21-16(25-17)20-13-4-2-1-3-5-13/h1-9,14H,(H2,19,23)(H,20,21)/t14-/m0/s1. The topological polar surface area (TPSA) is 105 Å². The quantitative estimate of drug-likeness (QED) is 0.646. The molecule has 6 nitrogen and oxygen atoms in total. The number of thioether (sulfide) groups is 1. The maximum Gasteiger partial charge on any atom is 0.235 e. The summed E-state index contributed by atoms with van der Waals surface area (Å²) in [6.45, 7) is 0. The second-order valence-corrected chi connectivity index (χ2v) is 7.33. The van der Waals surface area contributed by atoms with Gasteiger partial charge in [0, 0.05) is 5.69 Å². The van der Waals surface area contributed by atoms with Gasteiger partial charge in [-0.1, -0.05) is 53.4 Å². The van der Waals surface area contributed by atoms with Crippen molar-refractivity contribution >= 4 is 39.8 Å². The number of primary amides is 1. The number of anilines is 2. The third-order valence-corrected chi connectivity index (χ3v) is 5.45. The van der Waals surface area contributed by atoms with Crippen molar-refractivity contribution in [2.75, 3.05) is 5.32 Å². The molecular weight excluding hydrogens is 354 g/mol. The molecule has 25 heavy (non-hydrogen) atoms. The van der Waals surface area contributed by atoms with Gasteiger partial charge in [-0.25, -0.2) is 0 Å². The Hall–Kier alpha value is -2.89. The summed E-state index contributed by atoms with van der Waals surface area (Å²) in [5.41, 5.74) is 7.70. The molecule has 0 aliphatic heterocycles. The zero-order valence-corrected chi connectivity index (χ0v) is 14.6. The average Bonchev–Trinajstić information content (AvgIpc) is 3.07. The van der Waals surface area contributed by atoms with E-state index in [0.717, 1.165) is 11.3 Å². The van der Waals surface area contributed by atoms with Gasteiger partial charge < -0.3 is 11.1 Å². The highest BCUT2D eigenvalue weighted by Gasteiger charge is 2.21. The van der Waals surface area contributed by atoms with Crippen LogP contribution in [-0.2, 0) is 4.79 Å². The van der Waals surface area contributed by atoms with E-state index in [0.29, 0.717) is 15.0 Å². The monoisotopic (exact) mass is 367 g/mol. The second-order valence-electron chi connectivity index (χ2n) is 5.00. The molecule has 8 heteroatoms. The summed E-state index contributed by atoms with van der Waals surface area (Å²) < 4.78 is 0.631. The molecule has 3 aromatic rings. The minimum atomic E-state index is -0.592. The number of rotatable bonds is 6. The van der Waals surface area contributed by atoms with E-state index >= 15 is 0 Å². The number of benzene rings is 2. The number of hydrogen-bond acceptors (Lipinski definition) is 7. The molecule has 3 rings (SSSR count). The van der Waals surface area contributed by atoms with Crippen LogP contribution < -0.4 is 11.1 Å². The van der Waals surface area contributed by atoms with Gasteiger partial charge in [0.2, 0.25) is 11.0 Å². The predicted molar refractivity (Wildman–Crippen MR) is 98.6 cm³/mol. The van der Waals surface area contributed by atoms with Crippen LogP contribution in [0.5, 0.6) is 0 Å². The number of carbonyl (C=O) groups excluding carboxylic acids is 1. The van der Waals surface area contributed by atoms with Gasteiger partial charge in [0.25, 0.3) is 0 Å². The fraction of sp³-hybridized carbons (Fsp3) is 0.0588. The van der Waals surface area contributed by atoms with Crippen molar-refractivity contribution in [2.24, 2.45) is 5.73 Å². The summed E-state index contributed by atoms with van der Waals surface area (Å²) in [5, 5.41) is 20.3. The Morgan fingerprint density at radius 2 is 1.88 bits per heavy atom. The van der Waals surface area contributed by atoms with Crippen molar-refractivity contribution in [3.05, 3.63) is 65.7 Å². The number of amides is 1. The van der Waals surface area contributed by atoms with Gasteiger partial charge >= 0.3 is 0 Å². The Labute approximate surface area is 152 Å². The third-order valence-electron chi connectivity index (χ3n) is 3.25. The van der Waals surface area contributed by atoms with Gasteiger partial charge in [-0.05, 0) is 29.8 Å². The Morgan fingerprint density at radius 3 is 2.52 bits per heavy atom. The first-order valence-electron chi connectivity index (χ1n) is 7.27. The molecule has 0 unspecified atom stereocenters. The Balaban J connectivity index is 1.74. The number of nitriles is 1. The van der Waals surface area contributed by atoms with Crippen LogP contribution in [0.3, 0.4) is 0 Å². The van der Waals surface area contributed by atoms with Crippen molar-refractivity contribution in [2.45, 2.75) is 9.59 Å². The molecule has 1 heterocycles. The van der Waals surface area contributed by atoms with Crippen LogP contribution in [0.4, 0.5) is 10.8 Å². The molecule has 3 N–H and O–H groups in total. The lowest BCUT2D eigenvalue weighted by Crippen LogP contribution is -2.18. The number of carbonyl (C=O) groups is 1. The molecule has 0 radical (unpaired) electrons. The molecule has 2 aromatic carbocycles. The van der Waals surface area contributed by atoms with Gasteiger partial charge in [0.15, 0.2) is 4.34 Å². The summed E-state index contributed by atoms with van der Waals surface area (Å²) in [4.78, 5) is 11.8. The molecule has 0 bridgehead atoms. The first-order valence-corrected chi connectivity index (χ1v) is 8.97. The lowest BCUT2D eigenvalue weighted by molar-refractivity contribution is -0.117. The van der Waals surface area contributed by atoms with E-state index in [9.17, 15) is 4.79 Å². The molecule has 0 fully saturated rings. The average molecular weight is 367 g/mol. The van der Waals surface area contributed by atoms with Crippen molar-refractivity contribution < 1.29 is 4.79 Å². The summed E-state index contributed by atoms with van der Waals surface area (Å²) in [6, 6.07) is 18.5. The first kappa shape index (κ1) is 17.0. The minimum absolute atomic E-state index is 0.470. The Bertz CT molecular complexity index is 903. The lowest BCUT2D eigenvalue weighted by Gasteiger charge is -2.11. The largest absolute Gasteiger partial charge is 0.368 e. The highest BCUT2D eigenvalue weighted by molar-refractivity contribution is 8.01. The predicted octanol–water partition coefficient (Wildman–Crippen LogP) is 3.47. The van der Waals surface area contributed by atoms with Crippen LogP contribution >= 0.6 is 23.1 Å². The van der Waals surface area contributed by atoms with E-state index in [2.05, 4.69) is 15.5 Å². The second kappa shape index (κ2) is 7.79. The molecule has 1 amide bonds. The van der Waals surface area contributed by atoms with Gasteiger partial charge in [-0.3, -0.25) is 4.79 Å². The Morgan fingerprint density at radius 1 is 1.16 bits per heavy atom. The highest BCUT2D eigenvalue weighted by Crippen LogP contribution is 2.38. The molecular formula is C17H13N5OS2. The summed E-state index contributed by atoms with van der Waals surface area (Å²) >= 11 is 2.59. The number of aromatic nitrogens is 2. The van der Waals surface area contributed by atoms with Gasteiger partial charge in [0.1, 0.15) is 5.25 Å². The third kappa shape index (κ3) is 4.35. The van der Waals surface area contributed by atoms with E-state index in [1.165, 1.54) is 23.1 Å². The highest BCUT2D eigenvalue weighted by atomic mass is 32.2. The van der Waals surface area contributed by atoms with Crippen LogP contribution in [-0.4, -0.2) is 16.1 Å². The zero-order chi connectivity index (χ0) is 17.6. The van der Waals surface area contributed by atoms with Crippen LogP contribution in [0.2, 0.25) is 0 Å². The normalized spacial score (nSPS) is 11.5. The summed E-state index contributed by atoms with van der Waals surface area (Å²) in [6.07, 6.45) is 0.